The lowest BCUT2D eigenvalue weighted by atomic mass is 10.0. The molecule has 0 fully saturated rings. The van der Waals surface area contributed by atoms with Crippen LogP contribution in [-0.2, 0) is 6.42 Å². The predicted octanol–water partition coefficient (Wildman–Crippen LogP) is 5.07. The molecule has 0 aliphatic carbocycles. The van der Waals surface area contributed by atoms with Crippen LogP contribution in [0.2, 0.25) is 5.02 Å². The number of aromatic nitrogens is 1. The topological polar surface area (TPSA) is 12.9 Å². The van der Waals surface area contributed by atoms with Crippen LogP contribution in [0.4, 0.5) is 8.78 Å². The first kappa shape index (κ1) is 14.0. The number of pyridine rings is 1. The van der Waals surface area contributed by atoms with Crippen LogP contribution in [0.5, 0.6) is 0 Å². The molecule has 0 bridgehead atoms. The number of benzene rings is 2. The van der Waals surface area contributed by atoms with Crippen molar-refractivity contribution >= 4 is 22.5 Å². The van der Waals surface area contributed by atoms with Gasteiger partial charge in [-0.3, -0.25) is 4.98 Å². The number of halogens is 3. The second-order valence-corrected chi connectivity index (χ2v) is 5.32. The van der Waals surface area contributed by atoms with Gasteiger partial charge in [-0.15, -0.1) is 0 Å². The van der Waals surface area contributed by atoms with Crippen LogP contribution in [0.15, 0.2) is 42.5 Å². The Morgan fingerprint density at radius 2 is 1.81 bits per heavy atom. The summed E-state index contributed by atoms with van der Waals surface area (Å²) in [4.78, 5) is 4.39. The monoisotopic (exact) mass is 303 g/mol. The number of hydrogen-bond donors (Lipinski definition) is 0. The molecule has 0 atom stereocenters. The van der Waals surface area contributed by atoms with Crippen molar-refractivity contribution in [3.8, 4) is 0 Å². The lowest BCUT2D eigenvalue weighted by Gasteiger charge is -2.11. The molecule has 1 heterocycles. The number of nitrogens with zero attached hydrogens (tertiary/aromatic N) is 1. The highest BCUT2D eigenvalue weighted by Gasteiger charge is 2.15. The molecular weight excluding hydrogens is 292 g/mol. The average molecular weight is 304 g/mol. The summed E-state index contributed by atoms with van der Waals surface area (Å²) in [5, 5.41) is 0.468. The van der Waals surface area contributed by atoms with Crippen LogP contribution in [0.1, 0.15) is 16.8 Å². The van der Waals surface area contributed by atoms with Crippen LogP contribution in [0.25, 0.3) is 10.9 Å². The van der Waals surface area contributed by atoms with E-state index in [1.807, 2.05) is 30.3 Å². The highest BCUT2D eigenvalue weighted by molar-refractivity contribution is 6.36. The number of fused-ring (bicyclic) bond motifs is 1. The van der Waals surface area contributed by atoms with E-state index in [-0.39, 0.29) is 10.9 Å². The maximum absolute atomic E-state index is 13.9. The fraction of sp³-hybridized carbons (Fsp3) is 0.118. The van der Waals surface area contributed by atoms with Crippen molar-refractivity contribution in [3.05, 3.63) is 75.9 Å². The SMILES string of the molecule is Cc1c(Cc2ccccc2)nc2cc(F)cc(F)c2c1Cl. The van der Waals surface area contributed by atoms with E-state index in [0.29, 0.717) is 11.4 Å². The van der Waals surface area contributed by atoms with Crippen LogP contribution in [0.3, 0.4) is 0 Å². The predicted molar refractivity (Wildman–Crippen MR) is 80.7 cm³/mol. The molecule has 21 heavy (non-hydrogen) atoms. The zero-order valence-electron chi connectivity index (χ0n) is 11.3. The summed E-state index contributed by atoms with van der Waals surface area (Å²) in [6.07, 6.45) is 0.570. The molecule has 3 aromatic rings. The van der Waals surface area contributed by atoms with Crippen LogP contribution in [-0.4, -0.2) is 4.98 Å². The van der Waals surface area contributed by atoms with Gasteiger partial charge in [0.25, 0.3) is 0 Å². The summed E-state index contributed by atoms with van der Waals surface area (Å²) in [5.74, 6) is -1.34. The minimum absolute atomic E-state index is 0.173. The highest BCUT2D eigenvalue weighted by Crippen LogP contribution is 2.31. The van der Waals surface area contributed by atoms with Crippen molar-refractivity contribution in [1.82, 2.24) is 4.98 Å². The summed E-state index contributed by atoms with van der Waals surface area (Å²) < 4.78 is 27.2. The molecule has 0 amide bonds. The van der Waals surface area contributed by atoms with Gasteiger partial charge in [0.15, 0.2) is 0 Å². The first-order chi connectivity index (χ1) is 10.1. The van der Waals surface area contributed by atoms with Gasteiger partial charge in [-0.1, -0.05) is 41.9 Å². The van der Waals surface area contributed by atoms with Crippen LogP contribution < -0.4 is 0 Å². The minimum Gasteiger partial charge on any atom is -0.252 e. The van der Waals surface area contributed by atoms with Gasteiger partial charge in [0.2, 0.25) is 0 Å². The molecule has 106 valence electrons. The van der Waals surface area contributed by atoms with E-state index in [9.17, 15) is 8.78 Å². The molecule has 0 saturated heterocycles. The van der Waals surface area contributed by atoms with Crippen molar-refractivity contribution in [2.75, 3.05) is 0 Å². The lowest BCUT2D eigenvalue weighted by Crippen LogP contribution is -2.00. The van der Waals surface area contributed by atoms with Crippen molar-refractivity contribution < 1.29 is 8.78 Å². The van der Waals surface area contributed by atoms with Gasteiger partial charge in [0, 0.05) is 24.2 Å². The fourth-order valence-electron chi connectivity index (χ4n) is 2.37. The summed E-state index contributed by atoms with van der Waals surface area (Å²) in [5.41, 5.74) is 2.76. The minimum atomic E-state index is -0.683. The summed E-state index contributed by atoms with van der Waals surface area (Å²) in [7, 11) is 0. The molecule has 1 aromatic heterocycles. The first-order valence-corrected chi connectivity index (χ1v) is 6.91. The van der Waals surface area contributed by atoms with E-state index in [1.165, 1.54) is 6.07 Å². The van der Waals surface area contributed by atoms with E-state index < -0.39 is 11.6 Å². The van der Waals surface area contributed by atoms with Gasteiger partial charge in [-0.05, 0) is 18.1 Å². The molecule has 4 heteroatoms. The van der Waals surface area contributed by atoms with Crippen LogP contribution in [0, 0.1) is 18.6 Å². The van der Waals surface area contributed by atoms with E-state index in [2.05, 4.69) is 4.98 Å². The molecule has 1 nitrogen and oxygen atoms in total. The Balaban J connectivity index is 2.18. The molecule has 0 aliphatic rings. The zero-order chi connectivity index (χ0) is 15.0. The van der Waals surface area contributed by atoms with Gasteiger partial charge < -0.3 is 0 Å². The average Bonchev–Trinajstić information content (AvgIpc) is 2.44. The number of rotatable bonds is 2. The normalized spacial score (nSPS) is 11.0. The van der Waals surface area contributed by atoms with E-state index in [0.717, 1.165) is 22.9 Å². The lowest BCUT2D eigenvalue weighted by molar-refractivity contribution is 0.591. The quantitative estimate of drug-likeness (QED) is 0.644. The Kier molecular flexibility index (Phi) is 3.60. The highest BCUT2D eigenvalue weighted by atomic mass is 35.5. The molecule has 0 N–H and O–H groups in total. The molecule has 0 saturated carbocycles. The van der Waals surface area contributed by atoms with Gasteiger partial charge in [0.05, 0.1) is 15.9 Å². The molecule has 0 spiro atoms. The van der Waals surface area contributed by atoms with Gasteiger partial charge in [-0.2, -0.15) is 0 Å². The third kappa shape index (κ3) is 2.61. The third-order valence-corrected chi connectivity index (χ3v) is 3.96. The van der Waals surface area contributed by atoms with E-state index in [1.54, 1.807) is 6.92 Å². The Bertz CT molecular complexity index is 816. The van der Waals surface area contributed by atoms with Crippen molar-refractivity contribution in [3.63, 3.8) is 0 Å². The molecule has 0 radical (unpaired) electrons. The second-order valence-electron chi connectivity index (χ2n) is 4.94. The fourth-order valence-corrected chi connectivity index (χ4v) is 2.67. The number of hydrogen-bond acceptors (Lipinski definition) is 1. The van der Waals surface area contributed by atoms with E-state index in [4.69, 9.17) is 11.6 Å². The Labute approximate surface area is 126 Å². The molecule has 2 aromatic carbocycles. The van der Waals surface area contributed by atoms with Crippen LogP contribution >= 0.6 is 11.6 Å². The third-order valence-electron chi connectivity index (χ3n) is 3.49. The Morgan fingerprint density at radius 1 is 1.10 bits per heavy atom. The summed E-state index contributed by atoms with van der Waals surface area (Å²) in [6, 6.07) is 11.8. The largest absolute Gasteiger partial charge is 0.252 e. The van der Waals surface area contributed by atoms with Gasteiger partial charge >= 0.3 is 0 Å². The van der Waals surface area contributed by atoms with Crippen molar-refractivity contribution in [1.29, 1.82) is 0 Å². The van der Waals surface area contributed by atoms with Crippen molar-refractivity contribution in [2.24, 2.45) is 0 Å². The second kappa shape index (κ2) is 5.41. The molecule has 3 rings (SSSR count). The first-order valence-electron chi connectivity index (χ1n) is 6.54. The summed E-state index contributed by atoms with van der Waals surface area (Å²) >= 11 is 6.25. The maximum Gasteiger partial charge on any atom is 0.137 e. The maximum atomic E-state index is 13.9. The molecular formula is C17H12ClF2N. The molecule has 0 aliphatic heterocycles. The van der Waals surface area contributed by atoms with Gasteiger partial charge in [-0.25, -0.2) is 8.78 Å². The molecule has 0 unspecified atom stereocenters. The van der Waals surface area contributed by atoms with Gasteiger partial charge in [0.1, 0.15) is 11.6 Å². The zero-order valence-corrected chi connectivity index (χ0v) is 12.1. The summed E-state index contributed by atoms with van der Waals surface area (Å²) in [6.45, 7) is 1.80. The Morgan fingerprint density at radius 3 is 2.52 bits per heavy atom. The Hall–Kier alpha value is -2.00. The standard InChI is InChI=1S/C17H12ClF2N/c1-10-14(7-11-5-3-2-4-6-11)21-15-9-12(19)8-13(20)16(15)17(10)18/h2-6,8-9H,7H2,1H3. The van der Waals surface area contributed by atoms with Crippen molar-refractivity contribution in [2.45, 2.75) is 13.3 Å². The van der Waals surface area contributed by atoms with E-state index >= 15 is 0 Å². The smallest absolute Gasteiger partial charge is 0.137 e.